The van der Waals surface area contributed by atoms with Crippen LogP contribution in [0.25, 0.3) is 5.52 Å². The van der Waals surface area contributed by atoms with Gasteiger partial charge < -0.3 is 15.3 Å². The molecule has 0 radical (unpaired) electrons. The molecule has 2 aromatic carbocycles. The van der Waals surface area contributed by atoms with Gasteiger partial charge in [0.25, 0.3) is 5.91 Å². The van der Waals surface area contributed by atoms with Gasteiger partial charge in [0.1, 0.15) is 11.6 Å². The molecule has 35 heavy (non-hydrogen) atoms. The molecule has 3 heterocycles. The van der Waals surface area contributed by atoms with Gasteiger partial charge in [0.2, 0.25) is 0 Å². The molecule has 1 aliphatic heterocycles. The van der Waals surface area contributed by atoms with Crippen LogP contribution >= 0.6 is 0 Å². The van der Waals surface area contributed by atoms with E-state index in [1.165, 1.54) is 18.3 Å². The number of aliphatic hydroxyl groups is 1. The molecule has 0 saturated carbocycles. The van der Waals surface area contributed by atoms with Gasteiger partial charge in [-0.2, -0.15) is 5.10 Å². The Labute approximate surface area is 200 Å². The summed E-state index contributed by atoms with van der Waals surface area (Å²) >= 11 is 0. The number of fused-ring (bicyclic) bond motifs is 2. The number of halogens is 2. The standard InChI is InChI=1S/C27H24F2N4O2/c28-17-7-8-22(29)20(13-17)23-6-3-10-32(23)18-9-11-33-24(14-18)21(15-30-33)27(35)31-26-19-5-2-1-4-16(19)12-25(26)34/h1-2,4-5,7-9,11,13-15,23,25-26,34H,3,6,10,12H2,(H,31,35)/t23?,25-,26+/m0/s1. The number of pyridine rings is 1. The molecule has 1 saturated heterocycles. The monoisotopic (exact) mass is 474 g/mol. The Kier molecular flexibility index (Phi) is 5.25. The molecule has 0 spiro atoms. The molecule has 6 nitrogen and oxygen atoms in total. The molecule has 3 atom stereocenters. The number of amides is 1. The lowest BCUT2D eigenvalue weighted by Crippen LogP contribution is -2.33. The first-order chi connectivity index (χ1) is 17.0. The molecule has 1 amide bonds. The van der Waals surface area contributed by atoms with Crippen molar-refractivity contribution >= 4 is 17.1 Å². The number of carbonyl (C=O) groups excluding carboxylic acids is 1. The van der Waals surface area contributed by atoms with Crippen molar-refractivity contribution in [2.24, 2.45) is 0 Å². The molecular weight excluding hydrogens is 450 g/mol. The van der Waals surface area contributed by atoms with E-state index in [0.717, 1.165) is 29.3 Å². The molecule has 2 aromatic heterocycles. The van der Waals surface area contributed by atoms with Gasteiger partial charge in [-0.3, -0.25) is 4.79 Å². The van der Waals surface area contributed by atoms with Crippen molar-refractivity contribution in [2.75, 3.05) is 11.4 Å². The SMILES string of the molecule is O=C(N[C@@H]1c2ccccc2C[C@@H]1O)c1cnn2ccc(N3CCCC3c3cc(F)ccc3F)cc12. The lowest BCUT2D eigenvalue weighted by Gasteiger charge is -2.27. The van der Waals surface area contributed by atoms with E-state index in [2.05, 4.69) is 10.4 Å². The van der Waals surface area contributed by atoms with Crippen molar-refractivity contribution in [3.05, 3.63) is 101 Å². The smallest absolute Gasteiger partial charge is 0.255 e. The molecule has 6 rings (SSSR count). The first-order valence-corrected chi connectivity index (χ1v) is 11.8. The summed E-state index contributed by atoms with van der Waals surface area (Å²) < 4.78 is 30.0. The van der Waals surface area contributed by atoms with Crippen LogP contribution in [0.5, 0.6) is 0 Å². The van der Waals surface area contributed by atoms with Crippen molar-refractivity contribution in [2.45, 2.75) is 37.5 Å². The molecule has 1 fully saturated rings. The predicted octanol–water partition coefficient (Wildman–Crippen LogP) is 4.34. The molecule has 1 unspecified atom stereocenters. The zero-order chi connectivity index (χ0) is 24.1. The maximum atomic E-state index is 14.5. The lowest BCUT2D eigenvalue weighted by atomic mass is 10.0. The molecule has 178 valence electrons. The number of nitrogens with zero attached hydrogens (tertiary/aromatic N) is 3. The van der Waals surface area contributed by atoms with E-state index in [1.807, 2.05) is 41.3 Å². The first-order valence-electron chi connectivity index (χ1n) is 11.8. The van der Waals surface area contributed by atoms with Crippen molar-refractivity contribution in [3.8, 4) is 0 Å². The topological polar surface area (TPSA) is 69.9 Å². The van der Waals surface area contributed by atoms with Crippen LogP contribution in [-0.4, -0.2) is 33.3 Å². The molecule has 8 heteroatoms. The average Bonchev–Trinajstić information content (AvgIpc) is 3.58. The maximum absolute atomic E-state index is 14.5. The highest BCUT2D eigenvalue weighted by Crippen LogP contribution is 2.38. The Bertz CT molecular complexity index is 1440. The van der Waals surface area contributed by atoms with E-state index >= 15 is 0 Å². The minimum Gasteiger partial charge on any atom is -0.390 e. The number of aromatic nitrogens is 2. The van der Waals surface area contributed by atoms with Crippen LogP contribution in [0, 0.1) is 11.6 Å². The van der Waals surface area contributed by atoms with Crippen molar-refractivity contribution in [3.63, 3.8) is 0 Å². The Morgan fingerprint density at radius 3 is 2.83 bits per heavy atom. The summed E-state index contributed by atoms with van der Waals surface area (Å²) in [5.41, 5.74) is 4.08. The first kappa shape index (κ1) is 21.7. The Balaban J connectivity index is 1.31. The van der Waals surface area contributed by atoms with Crippen LogP contribution in [0.4, 0.5) is 14.5 Å². The largest absolute Gasteiger partial charge is 0.390 e. The summed E-state index contributed by atoms with van der Waals surface area (Å²) in [5, 5.41) is 17.8. The number of hydrogen-bond donors (Lipinski definition) is 2. The molecule has 0 bridgehead atoms. The van der Waals surface area contributed by atoms with E-state index in [0.29, 0.717) is 36.0 Å². The minimum absolute atomic E-state index is 0.293. The number of nitrogens with one attached hydrogen (secondary N) is 1. The van der Waals surface area contributed by atoms with E-state index in [-0.39, 0.29) is 11.9 Å². The van der Waals surface area contributed by atoms with Gasteiger partial charge >= 0.3 is 0 Å². The Morgan fingerprint density at radius 1 is 1.09 bits per heavy atom. The third kappa shape index (κ3) is 3.74. The normalized spacial score (nSPS) is 21.5. The van der Waals surface area contributed by atoms with Crippen LogP contribution in [0.3, 0.4) is 0 Å². The molecule has 2 aliphatic rings. The highest BCUT2D eigenvalue weighted by Gasteiger charge is 2.33. The van der Waals surface area contributed by atoms with Gasteiger partial charge in [-0.15, -0.1) is 0 Å². The van der Waals surface area contributed by atoms with E-state index in [1.54, 1.807) is 10.7 Å². The summed E-state index contributed by atoms with van der Waals surface area (Å²) in [7, 11) is 0. The fourth-order valence-electron chi connectivity index (χ4n) is 5.46. The third-order valence-electron chi connectivity index (χ3n) is 7.14. The maximum Gasteiger partial charge on any atom is 0.255 e. The van der Waals surface area contributed by atoms with Gasteiger partial charge in [-0.05, 0) is 54.3 Å². The molecule has 4 aromatic rings. The van der Waals surface area contributed by atoms with Crippen LogP contribution in [0.1, 0.15) is 52.0 Å². The van der Waals surface area contributed by atoms with E-state index in [9.17, 15) is 18.7 Å². The van der Waals surface area contributed by atoms with Crippen LogP contribution in [-0.2, 0) is 6.42 Å². The summed E-state index contributed by atoms with van der Waals surface area (Å²) in [6, 6.07) is 14.2. The van der Waals surface area contributed by atoms with Gasteiger partial charge in [-0.25, -0.2) is 13.3 Å². The zero-order valence-corrected chi connectivity index (χ0v) is 18.9. The Hall–Kier alpha value is -3.78. The second-order valence-electron chi connectivity index (χ2n) is 9.21. The van der Waals surface area contributed by atoms with Gasteiger partial charge in [0, 0.05) is 30.4 Å². The lowest BCUT2D eigenvalue weighted by molar-refractivity contribution is 0.0859. The minimum atomic E-state index is -0.694. The molecular formula is C27H24F2N4O2. The fraction of sp³-hybridized carbons (Fsp3) is 0.259. The Morgan fingerprint density at radius 2 is 1.94 bits per heavy atom. The van der Waals surface area contributed by atoms with E-state index < -0.39 is 23.8 Å². The number of rotatable bonds is 4. The van der Waals surface area contributed by atoms with Crippen molar-refractivity contribution in [1.82, 2.24) is 14.9 Å². The summed E-state index contributed by atoms with van der Waals surface area (Å²) in [4.78, 5) is 15.3. The summed E-state index contributed by atoms with van der Waals surface area (Å²) in [6.45, 7) is 0.692. The molecule has 1 aliphatic carbocycles. The third-order valence-corrected chi connectivity index (χ3v) is 7.14. The van der Waals surface area contributed by atoms with Crippen LogP contribution < -0.4 is 10.2 Å². The predicted molar refractivity (Wildman–Crippen MR) is 127 cm³/mol. The van der Waals surface area contributed by atoms with Crippen molar-refractivity contribution < 1.29 is 18.7 Å². The molecule has 2 N–H and O–H groups in total. The number of hydrogen-bond acceptors (Lipinski definition) is 4. The van der Waals surface area contributed by atoms with Crippen LogP contribution in [0.2, 0.25) is 0 Å². The van der Waals surface area contributed by atoms with E-state index in [4.69, 9.17) is 0 Å². The highest BCUT2D eigenvalue weighted by molar-refractivity contribution is 6.01. The number of benzene rings is 2. The van der Waals surface area contributed by atoms with Gasteiger partial charge in [0.15, 0.2) is 0 Å². The number of aliphatic hydroxyl groups excluding tert-OH is 1. The fourth-order valence-corrected chi connectivity index (χ4v) is 5.46. The zero-order valence-electron chi connectivity index (χ0n) is 18.9. The summed E-state index contributed by atoms with van der Waals surface area (Å²) in [5.74, 6) is -1.22. The summed E-state index contributed by atoms with van der Waals surface area (Å²) in [6.07, 6.45) is 4.62. The quantitative estimate of drug-likeness (QED) is 0.462. The second kappa shape index (κ2) is 8.46. The average molecular weight is 475 g/mol. The number of carbonyl (C=O) groups is 1. The van der Waals surface area contributed by atoms with Gasteiger partial charge in [0.05, 0.1) is 35.5 Å². The highest BCUT2D eigenvalue weighted by atomic mass is 19.1. The van der Waals surface area contributed by atoms with Crippen LogP contribution in [0.15, 0.2) is 67.0 Å². The van der Waals surface area contributed by atoms with Crippen molar-refractivity contribution in [1.29, 1.82) is 0 Å². The van der Waals surface area contributed by atoms with Gasteiger partial charge in [-0.1, -0.05) is 24.3 Å². The second-order valence-corrected chi connectivity index (χ2v) is 9.21. The number of anilines is 1.